The highest BCUT2D eigenvalue weighted by molar-refractivity contribution is 8.01. The molecule has 35 heavy (non-hydrogen) atoms. The molecule has 1 aromatic heterocycles. The van der Waals surface area contributed by atoms with Crippen molar-refractivity contribution in [1.82, 2.24) is 25.6 Å². The number of benzene rings is 1. The number of carbonyl (C=O) groups excluding carboxylic acids is 3. The van der Waals surface area contributed by atoms with Gasteiger partial charge in [-0.3, -0.25) is 24.4 Å². The second-order valence-electron chi connectivity index (χ2n) is 7.48. The minimum absolute atomic E-state index is 0.0231. The Morgan fingerprint density at radius 1 is 1.40 bits per heavy atom. The molecule has 2 unspecified atom stereocenters. The zero-order chi connectivity index (χ0) is 25.4. The Kier molecular flexibility index (Phi) is 6.93. The summed E-state index contributed by atoms with van der Waals surface area (Å²) >= 11 is 8.24. The first-order chi connectivity index (χ1) is 16.6. The molecule has 0 saturated carbocycles. The summed E-state index contributed by atoms with van der Waals surface area (Å²) in [4.78, 5) is 50.0. The van der Waals surface area contributed by atoms with E-state index in [-0.39, 0.29) is 38.7 Å². The summed E-state index contributed by atoms with van der Waals surface area (Å²) < 4.78 is 0. The highest BCUT2D eigenvalue weighted by atomic mass is 35.5. The number of aliphatic carboxylic acids is 1. The lowest BCUT2D eigenvalue weighted by molar-refractivity contribution is -0.150. The summed E-state index contributed by atoms with van der Waals surface area (Å²) in [5.41, 5.74) is 11.7. The van der Waals surface area contributed by atoms with E-state index in [1.54, 1.807) is 0 Å². The molecule has 0 aliphatic carbocycles. The van der Waals surface area contributed by atoms with Crippen molar-refractivity contribution in [2.24, 2.45) is 11.5 Å². The van der Waals surface area contributed by atoms with Crippen LogP contribution in [0.4, 0.5) is 0 Å². The summed E-state index contributed by atoms with van der Waals surface area (Å²) in [6.45, 7) is 0. The van der Waals surface area contributed by atoms with Crippen molar-refractivity contribution in [2.45, 2.75) is 22.5 Å². The number of fused-ring (bicyclic) bond motifs is 1. The summed E-state index contributed by atoms with van der Waals surface area (Å²) in [5, 5.41) is 31.2. The topological polar surface area (TPSA) is 218 Å². The number of carboxylic acids is 1. The van der Waals surface area contributed by atoms with Gasteiger partial charge in [-0.1, -0.05) is 34.6 Å². The van der Waals surface area contributed by atoms with Crippen LogP contribution in [-0.4, -0.2) is 77.1 Å². The zero-order valence-corrected chi connectivity index (χ0v) is 20.0. The Labute approximate surface area is 210 Å². The number of hydrogen-bond donors (Lipinski definition) is 6. The monoisotopic (exact) mass is 539 g/mol. The Bertz CT molecular complexity index is 1270. The fraction of sp³-hybridized carbons (Fsp3) is 0.263. The minimum Gasteiger partial charge on any atom is -0.506 e. The molecule has 1 fully saturated rings. The number of aromatic nitrogens is 3. The molecular formula is C19H18ClN7O6S2. The molecule has 0 radical (unpaired) electrons. The van der Waals surface area contributed by atoms with Gasteiger partial charge in [-0.05, 0) is 23.3 Å². The van der Waals surface area contributed by atoms with Gasteiger partial charge in [0.1, 0.15) is 33.9 Å². The average molecular weight is 540 g/mol. The number of halogens is 1. The molecule has 2 aliphatic rings. The number of rotatable bonds is 8. The maximum absolute atomic E-state index is 12.8. The van der Waals surface area contributed by atoms with E-state index in [9.17, 15) is 29.4 Å². The van der Waals surface area contributed by atoms with Gasteiger partial charge < -0.3 is 27.0 Å². The number of phenols is 1. The molecule has 2 aromatic rings. The third-order valence-corrected chi connectivity index (χ3v) is 8.01. The van der Waals surface area contributed by atoms with E-state index in [4.69, 9.17) is 23.1 Å². The first-order valence-corrected chi connectivity index (χ1v) is 12.3. The number of amides is 3. The average Bonchev–Trinajstić information content (AvgIpc) is 3.30. The zero-order valence-electron chi connectivity index (χ0n) is 17.6. The number of nitrogens with zero attached hydrogens (tertiary/aromatic N) is 3. The van der Waals surface area contributed by atoms with Gasteiger partial charge >= 0.3 is 5.97 Å². The summed E-state index contributed by atoms with van der Waals surface area (Å²) in [6, 6.07) is 1.96. The van der Waals surface area contributed by atoms with Crippen LogP contribution in [0, 0.1) is 0 Å². The van der Waals surface area contributed by atoms with E-state index in [1.807, 2.05) is 0 Å². The molecule has 184 valence electrons. The lowest BCUT2D eigenvalue weighted by Crippen LogP contribution is -2.71. The molecule has 0 bridgehead atoms. The van der Waals surface area contributed by atoms with E-state index in [0.29, 0.717) is 11.1 Å². The van der Waals surface area contributed by atoms with Crippen molar-refractivity contribution in [1.29, 1.82) is 0 Å². The number of nitrogens with one attached hydrogen (secondary N) is 2. The Hall–Kier alpha value is -3.27. The Balaban J connectivity index is 1.46. The highest BCUT2D eigenvalue weighted by Crippen LogP contribution is 2.41. The molecule has 0 spiro atoms. The fourth-order valence-corrected chi connectivity index (χ4v) is 6.15. The van der Waals surface area contributed by atoms with Gasteiger partial charge in [0.05, 0.1) is 5.02 Å². The number of hydrogen-bond acceptors (Lipinski definition) is 10. The molecule has 1 saturated heterocycles. The maximum Gasteiger partial charge on any atom is 0.352 e. The van der Waals surface area contributed by atoms with Gasteiger partial charge in [0, 0.05) is 11.5 Å². The number of H-pyrrole nitrogens is 1. The van der Waals surface area contributed by atoms with Crippen LogP contribution >= 0.6 is 35.1 Å². The van der Waals surface area contributed by atoms with E-state index in [2.05, 4.69) is 20.7 Å². The van der Waals surface area contributed by atoms with Crippen LogP contribution in [0.15, 0.2) is 34.5 Å². The van der Waals surface area contributed by atoms with E-state index < -0.39 is 41.1 Å². The summed E-state index contributed by atoms with van der Waals surface area (Å²) in [6.07, 6.45) is 0. The summed E-state index contributed by atoms with van der Waals surface area (Å²) in [7, 11) is 0. The maximum atomic E-state index is 12.8. The van der Waals surface area contributed by atoms with Crippen molar-refractivity contribution < 1.29 is 29.4 Å². The van der Waals surface area contributed by atoms with Crippen LogP contribution < -0.4 is 16.8 Å². The first-order valence-electron chi connectivity index (χ1n) is 9.88. The number of nitrogens with two attached hydrogens (primary N) is 2. The molecule has 1 aromatic carbocycles. The van der Waals surface area contributed by atoms with Crippen molar-refractivity contribution in [3.05, 3.63) is 45.7 Å². The largest absolute Gasteiger partial charge is 0.506 e. The molecule has 3 heterocycles. The molecule has 13 nitrogen and oxygen atoms in total. The van der Waals surface area contributed by atoms with Crippen LogP contribution in [0.25, 0.3) is 0 Å². The van der Waals surface area contributed by atoms with Gasteiger partial charge in [-0.2, -0.15) is 0 Å². The molecule has 3 atom stereocenters. The van der Waals surface area contributed by atoms with Crippen molar-refractivity contribution >= 4 is 58.8 Å². The smallest absolute Gasteiger partial charge is 0.352 e. The fourth-order valence-electron chi connectivity index (χ4n) is 3.55. The number of carbonyl (C=O) groups is 4. The van der Waals surface area contributed by atoms with Crippen molar-refractivity contribution in [2.75, 3.05) is 11.5 Å². The number of aromatic amines is 1. The van der Waals surface area contributed by atoms with E-state index in [0.717, 1.165) is 16.7 Å². The van der Waals surface area contributed by atoms with Gasteiger partial charge in [-0.25, -0.2) is 4.79 Å². The molecule has 16 heteroatoms. The summed E-state index contributed by atoms with van der Waals surface area (Å²) in [5.74, 6) is -3.08. The van der Waals surface area contributed by atoms with Gasteiger partial charge in [-0.15, -0.1) is 16.9 Å². The molecule has 3 amide bonds. The van der Waals surface area contributed by atoms with Crippen LogP contribution in [-0.2, 0) is 14.4 Å². The van der Waals surface area contributed by atoms with Gasteiger partial charge in [0.15, 0.2) is 5.69 Å². The Morgan fingerprint density at radius 3 is 2.80 bits per heavy atom. The number of phenolic OH excluding ortho intramolecular Hbond substituents is 1. The van der Waals surface area contributed by atoms with Crippen LogP contribution in [0.2, 0.25) is 5.02 Å². The van der Waals surface area contributed by atoms with Crippen molar-refractivity contribution in [3.63, 3.8) is 0 Å². The highest BCUT2D eigenvalue weighted by Gasteiger charge is 2.54. The second kappa shape index (κ2) is 9.77. The first kappa shape index (κ1) is 24.8. The lowest BCUT2D eigenvalue weighted by atomic mass is 10.0. The number of β-lactam (4-membered cyclic amide) rings is 1. The number of aromatic hydroxyl groups is 1. The van der Waals surface area contributed by atoms with Gasteiger partial charge in [0.2, 0.25) is 5.91 Å². The van der Waals surface area contributed by atoms with Crippen LogP contribution in [0.3, 0.4) is 0 Å². The number of primary amides is 1. The number of thioether (sulfide) groups is 2. The van der Waals surface area contributed by atoms with Crippen LogP contribution in [0.1, 0.15) is 22.1 Å². The lowest BCUT2D eigenvalue weighted by Gasteiger charge is -2.49. The molecule has 4 rings (SSSR count). The molecular weight excluding hydrogens is 522 g/mol. The van der Waals surface area contributed by atoms with E-state index in [1.165, 1.54) is 30.0 Å². The van der Waals surface area contributed by atoms with E-state index >= 15 is 0 Å². The van der Waals surface area contributed by atoms with Crippen molar-refractivity contribution in [3.8, 4) is 5.75 Å². The molecule has 8 N–H and O–H groups in total. The standard InChI is InChI=1S/C19H18ClN7O6S2/c20-8-3-6(1-2-9(8)28)10(21)15(30)23-12-17(31)27-13(19(32)33)7(5-35-18(12)27)4-34-16-11(14(22)29)24-26-25-16/h1-3,10,12,18,28H,4-5,21H2,(H2,22,29)(H,23,30)(H,32,33)(H,24,25,26)/t10?,12?,18-/m0/s1. The number of carboxylic acid groups (broad SMARTS) is 1. The Morgan fingerprint density at radius 2 is 2.14 bits per heavy atom. The van der Waals surface area contributed by atoms with Crippen LogP contribution in [0.5, 0.6) is 5.75 Å². The third kappa shape index (κ3) is 4.67. The molecule has 2 aliphatic heterocycles. The third-order valence-electron chi connectivity index (χ3n) is 5.30. The SMILES string of the molecule is NC(=O)c1nn[nH]c1SCC1=C(C(=O)O)N2C(=O)C(NC(=O)C(N)c3ccc(O)c(Cl)c3)[C@@H]2SC1. The minimum atomic E-state index is -1.29. The predicted octanol–water partition coefficient (Wildman–Crippen LogP) is -0.207. The second-order valence-corrected chi connectivity index (χ2v) is 9.98. The predicted molar refractivity (Wildman–Crippen MR) is 125 cm³/mol. The quantitative estimate of drug-likeness (QED) is 0.190. The normalized spacial score (nSPS) is 20.2. The van der Waals surface area contributed by atoms with Gasteiger partial charge in [0.25, 0.3) is 11.8 Å².